The van der Waals surface area contributed by atoms with Crippen LogP contribution in [0.2, 0.25) is 0 Å². The van der Waals surface area contributed by atoms with E-state index in [9.17, 15) is 27.6 Å². The summed E-state index contributed by atoms with van der Waals surface area (Å²) in [5.41, 5.74) is 0.445. The van der Waals surface area contributed by atoms with Crippen LogP contribution >= 0.6 is 11.3 Å². The van der Waals surface area contributed by atoms with Crippen LogP contribution in [-0.2, 0) is 19.7 Å². The molecule has 2 amide bonds. The Kier molecular flexibility index (Phi) is 10.6. The Morgan fingerprint density at radius 2 is 1.79 bits per heavy atom. The van der Waals surface area contributed by atoms with Gasteiger partial charge in [0, 0.05) is 18.1 Å². The smallest absolute Gasteiger partial charge is 0.344 e. The maximum Gasteiger partial charge on any atom is 0.522 e. The van der Waals surface area contributed by atoms with E-state index in [4.69, 9.17) is 18.7 Å². The molecule has 0 aliphatic carbocycles. The first-order chi connectivity index (χ1) is 15.5. The van der Waals surface area contributed by atoms with Crippen LogP contribution in [0, 0.1) is 11.8 Å². The van der Waals surface area contributed by atoms with E-state index < -0.39 is 33.8 Å². The van der Waals surface area contributed by atoms with Gasteiger partial charge in [-0.2, -0.15) is 21.6 Å². The standard InChI is InChI=1S/C18H28N4O3S.CHF3O3S/c1-10(2)13(19)18(25)22-8-5-6-12(22)16(24)21-14(11(3)4)15(23)17-20-7-9-26-17;2-1(3,4)8(5,6)7/h7,9-14H,5-6,8,19H2,1-4H3,(H,21,24);(H,5,6,7)/t12-,13-,14?;/m0./s1. The molecule has 1 aliphatic heterocycles. The van der Waals surface area contributed by atoms with Gasteiger partial charge in [-0.25, -0.2) is 4.98 Å². The fourth-order valence-corrected chi connectivity index (χ4v) is 3.66. The lowest BCUT2D eigenvalue weighted by molar-refractivity contribution is -0.140. The monoisotopic (exact) mass is 530 g/mol. The number of amides is 2. The van der Waals surface area contributed by atoms with Crippen molar-refractivity contribution in [3.8, 4) is 0 Å². The van der Waals surface area contributed by atoms with Gasteiger partial charge in [-0.05, 0) is 24.7 Å². The molecule has 0 aromatic carbocycles. The number of likely N-dealkylation sites (tertiary alicyclic amines) is 1. The Balaban J connectivity index is 0.000000620. The first kappa shape index (κ1) is 29.9. The summed E-state index contributed by atoms with van der Waals surface area (Å²) in [4.78, 5) is 43.7. The molecule has 0 radical (unpaired) electrons. The summed E-state index contributed by atoms with van der Waals surface area (Å²) >= 11 is 1.26. The molecule has 2 rings (SSSR count). The Bertz CT molecular complexity index is 952. The van der Waals surface area contributed by atoms with Crippen LogP contribution in [0.15, 0.2) is 11.6 Å². The highest BCUT2D eigenvalue weighted by molar-refractivity contribution is 7.86. The molecule has 1 fully saturated rings. The maximum absolute atomic E-state index is 12.8. The van der Waals surface area contributed by atoms with Gasteiger partial charge in [-0.1, -0.05) is 27.7 Å². The second-order valence-corrected chi connectivity index (χ2v) is 10.6. The lowest BCUT2D eigenvalue weighted by Crippen LogP contribution is -2.55. The molecule has 15 heteroatoms. The van der Waals surface area contributed by atoms with E-state index >= 15 is 0 Å². The third-order valence-electron chi connectivity index (χ3n) is 5.02. The number of Topliss-reactive ketones (excluding diaryl/α,β-unsaturated/α-hetero) is 1. The Morgan fingerprint density at radius 1 is 1.24 bits per heavy atom. The molecule has 194 valence electrons. The molecule has 1 saturated heterocycles. The van der Waals surface area contributed by atoms with Crippen LogP contribution in [0.3, 0.4) is 0 Å². The largest absolute Gasteiger partial charge is 0.522 e. The van der Waals surface area contributed by atoms with Crippen LogP contribution in [-0.4, -0.2) is 70.6 Å². The van der Waals surface area contributed by atoms with Gasteiger partial charge < -0.3 is 16.0 Å². The fourth-order valence-electron chi connectivity index (χ4n) is 3.04. The van der Waals surface area contributed by atoms with Gasteiger partial charge in [0.05, 0.1) is 12.1 Å². The van der Waals surface area contributed by atoms with Crippen molar-refractivity contribution in [2.24, 2.45) is 17.6 Å². The van der Waals surface area contributed by atoms with Gasteiger partial charge in [0.2, 0.25) is 17.6 Å². The summed E-state index contributed by atoms with van der Waals surface area (Å²) in [7, 11) is -5.84. The van der Waals surface area contributed by atoms with Crippen molar-refractivity contribution < 1.29 is 40.5 Å². The van der Waals surface area contributed by atoms with Crippen molar-refractivity contribution in [2.75, 3.05) is 6.54 Å². The van der Waals surface area contributed by atoms with Crippen LogP contribution in [0.1, 0.15) is 50.3 Å². The van der Waals surface area contributed by atoms with Gasteiger partial charge in [0.25, 0.3) is 0 Å². The SMILES string of the molecule is CC(C)C(NC(=O)[C@@H]1CCCN1C(=O)[C@@H](N)C(C)C)C(=O)c1nccs1.O=S(=O)(O)C(F)(F)F. The lowest BCUT2D eigenvalue weighted by Gasteiger charge is -2.29. The van der Waals surface area contributed by atoms with Crippen molar-refractivity contribution in [2.45, 2.75) is 64.2 Å². The second-order valence-electron chi connectivity index (χ2n) is 8.31. The number of nitrogens with one attached hydrogen (secondary N) is 1. The first-order valence-corrected chi connectivity index (χ1v) is 12.6. The molecule has 34 heavy (non-hydrogen) atoms. The minimum absolute atomic E-state index is 0.00158. The molecule has 1 aromatic heterocycles. The normalized spacial score (nSPS) is 18.3. The van der Waals surface area contributed by atoms with E-state index in [-0.39, 0.29) is 29.4 Å². The zero-order valence-corrected chi connectivity index (χ0v) is 20.7. The number of halogens is 3. The molecular formula is C19H29F3N4O6S2. The number of ketones is 1. The number of nitrogens with two attached hydrogens (primary N) is 1. The molecule has 4 N–H and O–H groups in total. The van der Waals surface area contributed by atoms with Crippen molar-refractivity contribution in [3.63, 3.8) is 0 Å². The van der Waals surface area contributed by atoms with E-state index in [1.54, 1.807) is 16.5 Å². The molecule has 0 spiro atoms. The number of aromatic nitrogens is 1. The summed E-state index contributed by atoms with van der Waals surface area (Å²) < 4.78 is 57.5. The lowest BCUT2D eigenvalue weighted by atomic mass is 9.99. The topological polar surface area (TPSA) is 160 Å². The fraction of sp³-hybridized carbons (Fsp3) is 0.684. The molecule has 0 saturated carbocycles. The van der Waals surface area contributed by atoms with Crippen LogP contribution in [0.25, 0.3) is 0 Å². The number of rotatable bonds is 7. The average Bonchev–Trinajstić information content (AvgIpc) is 3.40. The highest BCUT2D eigenvalue weighted by Gasteiger charge is 2.44. The maximum atomic E-state index is 12.8. The van der Waals surface area contributed by atoms with Gasteiger partial charge in [0.15, 0.2) is 5.01 Å². The molecule has 3 atom stereocenters. The van der Waals surface area contributed by atoms with Gasteiger partial charge in [-0.15, -0.1) is 11.3 Å². The molecule has 1 aromatic rings. The number of alkyl halides is 3. The van der Waals surface area contributed by atoms with Crippen molar-refractivity contribution >= 4 is 39.1 Å². The molecular weight excluding hydrogens is 501 g/mol. The van der Waals surface area contributed by atoms with Crippen LogP contribution in [0.4, 0.5) is 13.2 Å². The first-order valence-electron chi connectivity index (χ1n) is 10.3. The zero-order valence-electron chi connectivity index (χ0n) is 19.1. The highest BCUT2D eigenvalue weighted by atomic mass is 32.2. The second kappa shape index (κ2) is 12.0. The molecule has 10 nitrogen and oxygen atoms in total. The molecule has 2 heterocycles. The number of hydrogen-bond acceptors (Lipinski definition) is 8. The predicted molar refractivity (Wildman–Crippen MR) is 118 cm³/mol. The van der Waals surface area contributed by atoms with Crippen molar-refractivity contribution in [3.05, 3.63) is 16.6 Å². The number of thiazole rings is 1. The molecule has 0 bridgehead atoms. The van der Waals surface area contributed by atoms with Crippen LogP contribution < -0.4 is 11.1 Å². The zero-order chi connectivity index (χ0) is 26.4. The van der Waals surface area contributed by atoms with Gasteiger partial charge in [-0.3, -0.25) is 18.9 Å². The third-order valence-corrected chi connectivity index (χ3v) is 6.40. The number of hydrogen-bond donors (Lipinski definition) is 3. The van der Waals surface area contributed by atoms with E-state index in [1.807, 2.05) is 27.7 Å². The van der Waals surface area contributed by atoms with E-state index in [0.717, 1.165) is 6.42 Å². The quantitative estimate of drug-likeness (QED) is 0.273. The van der Waals surface area contributed by atoms with E-state index in [1.165, 1.54) is 11.3 Å². The predicted octanol–water partition coefficient (Wildman–Crippen LogP) is 1.83. The summed E-state index contributed by atoms with van der Waals surface area (Å²) in [6.45, 7) is 8.04. The number of carbonyl (C=O) groups is 3. The van der Waals surface area contributed by atoms with Crippen LogP contribution in [0.5, 0.6) is 0 Å². The van der Waals surface area contributed by atoms with Gasteiger partial charge in [0.1, 0.15) is 6.04 Å². The molecule has 1 aliphatic rings. The Hall–Kier alpha value is -2.10. The Labute approximate surface area is 199 Å². The van der Waals surface area contributed by atoms with E-state index in [2.05, 4.69) is 10.3 Å². The minimum Gasteiger partial charge on any atom is -0.344 e. The van der Waals surface area contributed by atoms with Gasteiger partial charge >= 0.3 is 15.6 Å². The van der Waals surface area contributed by atoms with E-state index in [0.29, 0.717) is 18.0 Å². The Morgan fingerprint density at radius 3 is 2.21 bits per heavy atom. The summed E-state index contributed by atoms with van der Waals surface area (Å²) in [5.74, 6) is -0.779. The summed E-state index contributed by atoms with van der Waals surface area (Å²) in [6.07, 6.45) is 2.90. The number of nitrogens with zero attached hydrogens (tertiary/aromatic N) is 2. The van der Waals surface area contributed by atoms with Crippen molar-refractivity contribution in [1.29, 1.82) is 0 Å². The number of carbonyl (C=O) groups excluding carboxylic acids is 3. The average molecular weight is 531 g/mol. The third kappa shape index (κ3) is 7.99. The minimum atomic E-state index is -5.84. The highest BCUT2D eigenvalue weighted by Crippen LogP contribution is 2.22. The summed E-state index contributed by atoms with van der Waals surface area (Å²) in [5, 5.41) is 4.96. The molecule has 1 unspecified atom stereocenters. The van der Waals surface area contributed by atoms with Crippen molar-refractivity contribution in [1.82, 2.24) is 15.2 Å². The summed E-state index contributed by atoms with van der Waals surface area (Å²) in [6, 6.07) is -1.86.